The van der Waals surface area contributed by atoms with Crippen LogP contribution in [0.2, 0.25) is 0 Å². The second-order valence-electron chi connectivity index (χ2n) is 4.29. The van der Waals surface area contributed by atoms with E-state index >= 15 is 0 Å². The average molecular weight is 223 g/mol. The first-order valence-corrected chi connectivity index (χ1v) is 5.82. The Balaban J connectivity index is 2.17. The van der Waals surface area contributed by atoms with E-state index < -0.39 is 0 Å². The second-order valence-corrected chi connectivity index (χ2v) is 4.29. The van der Waals surface area contributed by atoms with E-state index in [1.165, 1.54) is 18.4 Å². The van der Waals surface area contributed by atoms with Gasteiger partial charge in [-0.1, -0.05) is 12.5 Å². The summed E-state index contributed by atoms with van der Waals surface area (Å²) in [7, 11) is 1.59. The third-order valence-corrected chi connectivity index (χ3v) is 3.08. The van der Waals surface area contributed by atoms with E-state index in [-0.39, 0.29) is 5.82 Å². The van der Waals surface area contributed by atoms with Gasteiger partial charge in [0.25, 0.3) is 0 Å². The minimum atomic E-state index is -0.179. The van der Waals surface area contributed by atoms with E-state index in [0.29, 0.717) is 18.2 Å². The predicted octanol–water partition coefficient (Wildman–Crippen LogP) is 2.79. The van der Waals surface area contributed by atoms with Gasteiger partial charge in [-0.2, -0.15) is 0 Å². The van der Waals surface area contributed by atoms with Gasteiger partial charge < -0.3 is 10.1 Å². The van der Waals surface area contributed by atoms with Crippen LogP contribution >= 0.6 is 0 Å². The first kappa shape index (κ1) is 11.6. The molecule has 1 saturated heterocycles. The normalized spacial score (nSPS) is 21.0. The van der Waals surface area contributed by atoms with Crippen LogP contribution < -0.4 is 5.32 Å². The molecular weight excluding hydrogens is 205 g/mol. The molecule has 0 aliphatic carbocycles. The van der Waals surface area contributed by atoms with Crippen LogP contribution in [-0.4, -0.2) is 13.7 Å². The highest BCUT2D eigenvalue weighted by Gasteiger charge is 2.15. The van der Waals surface area contributed by atoms with Crippen molar-refractivity contribution in [2.24, 2.45) is 0 Å². The predicted molar refractivity (Wildman–Crippen MR) is 61.7 cm³/mol. The molecule has 0 amide bonds. The molecule has 0 bridgehead atoms. The van der Waals surface area contributed by atoms with Crippen molar-refractivity contribution in [3.8, 4) is 0 Å². The average Bonchev–Trinajstić information content (AvgIpc) is 2.33. The van der Waals surface area contributed by atoms with Gasteiger partial charge in [-0.25, -0.2) is 4.39 Å². The van der Waals surface area contributed by atoms with Crippen molar-refractivity contribution < 1.29 is 9.13 Å². The molecule has 3 heteroatoms. The van der Waals surface area contributed by atoms with Gasteiger partial charge in [0.2, 0.25) is 0 Å². The largest absolute Gasteiger partial charge is 0.380 e. The van der Waals surface area contributed by atoms with Gasteiger partial charge in [-0.3, -0.25) is 0 Å². The highest BCUT2D eigenvalue weighted by molar-refractivity contribution is 5.27. The number of halogens is 1. The van der Waals surface area contributed by atoms with Crippen LogP contribution in [0.4, 0.5) is 4.39 Å². The van der Waals surface area contributed by atoms with Crippen LogP contribution in [-0.2, 0) is 11.3 Å². The van der Waals surface area contributed by atoms with Crippen LogP contribution in [0, 0.1) is 5.82 Å². The van der Waals surface area contributed by atoms with E-state index in [1.54, 1.807) is 13.2 Å². The molecule has 0 spiro atoms. The van der Waals surface area contributed by atoms with E-state index in [9.17, 15) is 4.39 Å². The first-order valence-electron chi connectivity index (χ1n) is 5.82. The molecule has 1 aromatic rings. The Hall–Kier alpha value is -0.930. The summed E-state index contributed by atoms with van der Waals surface area (Å²) in [5.74, 6) is -0.179. The van der Waals surface area contributed by atoms with Crippen molar-refractivity contribution in [2.45, 2.75) is 31.9 Å². The fourth-order valence-electron chi connectivity index (χ4n) is 2.21. The van der Waals surface area contributed by atoms with Gasteiger partial charge >= 0.3 is 0 Å². The number of methoxy groups -OCH3 is 1. The van der Waals surface area contributed by atoms with Crippen molar-refractivity contribution in [3.05, 3.63) is 35.1 Å². The molecule has 1 atom stereocenters. The smallest absolute Gasteiger partial charge is 0.128 e. The Kier molecular flexibility index (Phi) is 3.91. The molecule has 88 valence electrons. The van der Waals surface area contributed by atoms with Crippen LogP contribution in [0.5, 0.6) is 0 Å². The second kappa shape index (κ2) is 5.41. The van der Waals surface area contributed by atoms with Gasteiger partial charge in [0.15, 0.2) is 0 Å². The van der Waals surface area contributed by atoms with E-state index in [2.05, 4.69) is 5.32 Å². The zero-order chi connectivity index (χ0) is 11.4. The molecule has 1 fully saturated rings. The van der Waals surface area contributed by atoms with E-state index in [1.807, 2.05) is 12.1 Å². The van der Waals surface area contributed by atoms with Crippen molar-refractivity contribution in [1.29, 1.82) is 0 Å². The summed E-state index contributed by atoms with van der Waals surface area (Å²) in [6.07, 6.45) is 3.62. The van der Waals surface area contributed by atoms with Gasteiger partial charge in [-0.15, -0.1) is 0 Å². The highest BCUT2D eigenvalue weighted by Crippen LogP contribution is 2.24. The standard InChI is InChI=1S/C13H18FNO/c1-16-9-11-8-10(5-6-12(11)14)13-4-2-3-7-15-13/h5-6,8,13,15H,2-4,7,9H2,1H3. The fraction of sp³-hybridized carbons (Fsp3) is 0.538. The zero-order valence-electron chi connectivity index (χ0n) is 9.63. The lowest BCUT2D eigenvalue weighted by molar-refractivity contribution is 0.181. The molecule has 1 aromatic carbocycles. The van der Waals surface area contributed by atoms with Crippen molar-refractivity contribution in [1.82, 2.24) is 5.32 Å². The summed E-state index contributed by atoms with van der Waals surface area (Å²) in [5.41, 5.74) is 1.82. The van der Waals surface area contributed by atoms with Crippen molar-refractivity contribution >= 4 is 0 Å². The van der Waals surface area contributed by atoms with Crippen molar-refractivity contribution in [3.63, 3.8) is 0 Å². The molecule has 16 heavy (non-hydrogen) atoms. The quantitative estimate of drug-likeness (QED) is 0.850. The number of rotatable bonds is 3. The first-order chi connectivity index (χ1) is 7.81. The van der Waals surface area contributed by atoms with Crippen molar-refractivity contribution in [2.75, 3.05) is 13.7 Å². The maximum Gasteiger partial charge on any atom is 0.128 e. The van der Waals surface area contributed by atoms with Crippen LogP contribution in [0.3, 0.4) is 0 Å². The molecule has 1 aliphatic heterocycles. The lowest BCUT2D eigenvalue weighted by Gasteiger charge is -2.24. The number of ether oxygens (including phenoxy) is 1. The number of piperidine rings is 1. The fourth-order valence-corrected chi connectivity index (χ4v) is 2.21. The van der Waals surface area contributed by atoms with Gasteiger partial charge in [0, 0.05) is 18.7 Å². The Bertz CT molecular complexity index is 348. The Morgan fingerprint density at radius 1 is 1.44 bits per heavy atom. The highest BCUT2D eigenvalue weighted by atomic mass is 19.1. The summed E-state index contributed by atoms with van der Waals surface area (Å²) in [5, 5.41) is 3.46. The maximum absolute atomic E-state index is 13.4. The number of hydrogen-bond donors (Lipinski definition) is 1. The Morgan fingerprint density at radius 2 is 2.31 bits per heavy atom. The minimum Gasteiger partial charge on any atom is -0.380 e. The van der Waals surface area contributed by atoms with Gasteiger partial charge in [0.05, 0.1) is 6.61 Å². The molecule has 0 aromatic heterocycles. The number of benzene rings is 1. The number of hydrogen-bond acceptors (Lipinski definition) is 2. The molecule has 0 saturated carbocycles. The third-order valence-electron chi connectivity index (χ3n) is 3.08. The van der Waals surface area contributed by atoms with Crippen LogP contribution in [0.1, 0.15) is 36.4 Å². The topological polar surface area (TPSA) is 21.3 Å². The SMILES string of the molecule is COCc1cc(C2CCCCN2)ccc1F. The molecule has 2 nitrogen and oxygen atoms in total. The van der Waals surface area contributed by atoms with Gasteiger partial charge in [-0.05, 0) is 37.1 Å². The molecule has 1 heterocycles. The Labute approximate surface area is 95.8 Å². The monoisotopic (exact) mass is 223 g/mol. The lowest BCUT2D eigenvalue weighted by Crippen LogP contribution is -2.26. The molecule has 0 radical (unpaired) electrons. The third kappa shape index (κ3) is 2.60. The summed E-state index contributed by atoms with van der Waals surface area (Å²) in [6, 6.07) is 5.71. The minimum absolute atomic E-state index is 0.179. The summed E-state index contributed by atoms with van der Waals surface area (Å²) in [4.78, 5) is 0. The molecular formula is C13H18FNO. The number of nitrogens with one attached hydrogen (secondary N) is 1. The molecule has 1 aliphatic rings. The Morgan fingerprint density at radius 3 is 3.00 bits per heavy atom. The molecule has 2 rings (SSSR count). The summed E-state index contributed by atoms with van der Waals surface area (Å²) < 4.78 is 18.4. The zero-order valence-corrected chi connectivity index (χ0v) is 9.63. The van der Waals surface area contributed by atoms with E-state index in [0.717, 1.165) is 13.0 Å². The van der Waals surface area contributed by atoms with Gasteiger partial charge in [0.1, 0.15) is 5.82 Å². The van der Waals surface area contributed by atoms with Crippen LogP contribution in [0.25, 0.3) is 0 Å². The molecule has 1 N–H and O–H groups in total. The van der Waals surface area contributed by atoms with Crippen LogP contribution in [0.15, 0.2) is 18.2 Å². The molecule has 1 unspecified atom stereocenters. The van der Waals surface area contributed by atoms with E-state index in [4.69, 9.17) is 4.74 Å². The summed E-state index contributed by atoms with van der Waals surface area (Å²) in [6.45, 7) is 1.40. The summed E-state index contributed by atoms with van der Waals surface area (Å²) >= 11 is 0. The maximum atomic E-state index is 13.4. The lowest BCUT2D eigenvalue weighted by atomic mass is 9.96.